The molecule has 0 radical (unpaired) electrons. The molecule has 0 aromatic heterocycles. The Hall–Kier alpha value is -2.39. The standard InChI is InChI=1S/C20H19O4P/c1-14-13-18(16-9-5-3-6-10-16)19(17-11-7-4-8-12-17)20(15(14)2)24-25(21,22)23/h3-13H,1-2H3,(H2,21,22,23). The molecule has 0 saturated carbocycles. The predicted octanol–water partition coefficient (Wildman–Crippen LogP) is 5.11. The average molecular weight is 354 g/mol. The lowest BCUT2D eigenvalue weighted by atomic mass is 9.89. The molecule has 0 atom stereocenters. The fourth-order valence-corrected chi connectivity index (χ4v) is 3.32. The predicted molar refractivity (Wildman–Crippen MR) is 99.5 cm³/mol. The Morgan fingerprint density at radius 3 is 1.88 bits per heavy atom. The van der Waals surface area contributed by atoms with E-state index in [4.69, 9.17) is 4.52 Å². The number of hydrogen-bond acceptors (Lipinski definition) is 2. The monoisotopic (exact) mass is 354 g/mol. The van der Waals surface area contributed by atoms with Crippen molar-refractivity contribution in [3.05, 3.63) is 77.9 Å². The molecule has 3 rings (SSSR count). The molecular formula is C20H19O4P. The van der Waals surface area contributed by atoms with E-state index >= 15 is 0 Å². The zero-order valence-corrected chi connectivity index (χ0v) is 14.9. The first-order valence-corrected chi connectivity index (χ1v) is 9.40. The molecule has 0 saturated heterocycles. The molecule has 5 heteroatoms. The maximum atomic E-state index is 11.6. The second-order valence-electron chi connectivity index (χ2n) is 5.88. The van der Waals surface area contributed by atoms with Gasteiger partial charge in [-0.1, -0.05) is 66.7 Å². The molecule has 0 fully saturated rings. The highest BCUT2D eigenvalue weighted by atomic mass is 31.2. The maximum absolute atomic E-state index is 11.6. The Kier molecular flexibility index (Phi) is 4.78. The highest BCUT2D eigenvalue weighted by molar-refractivity contribution is 7.46. The maximum Gasteiger partial charge on any atom is 0.524 e. The van der Waals surface area contributed by atoms with Crippen LogP contribution in [0.5, 0.6) is 5.75 Å². The van der Waals surface area contributed by atoms with E-state index in [2.05, 4.69) is 0 Å². The molecule has 128 valence electrons. The van der Waals surface area contributed by atoms with Crippen molar-refractivity contribution in [2.75, 3.05) is 0 Å². The lowest BCUT2D eigenvalue weighted by Crippen LogP contribution is -1.99. The smallest absolute Gasteiger partial charge is 0.403 e. The van der Waals surface area contributed by atoms with Crippen molar-refractivity contribution in [3.63, 3.8) is 0 Å². The van der Waals surface area contributed by atoms with Crippen molar-refractivity contribution in [2.45, 2.75) is 13.8 Å². The van der Waals surface area contributed by atoms with Gasteiger partial charge >= 0.3 is 7.82 Å². The summed E-state index contributed by atoms with van der Waals surface area (Å²) in [5.74, 6) is 0.221. The van der Waals surface area contributed by atoms with Crippen molar-refractivity contribution >= 4 is 7.82 Å². The van der Waals surface area contributed by atoms with Crippen molar-refractivity contribution < 1.29 is 18.9 Å². The largest absolute Gasteiger partial charge is 0.524 e. The van der Waals surface area contributed by atoms with Gasteiger partial charge in [0.05, 0.1) is 0 Å². The van der Waals surface area contributed by atoms with Crippen LogP contribution in [-0.2, 0) is 4.57 Å². The van der Waals surface area contributed by atoms with Crippen LogP contribution < -0.4 is 4.52 Å². The van der Waals surface area contributed by atoms with Crippen LogP contribution in [0.15, 0.2) is 66.7 Å². The molecule has 3 aromatic rings. The zero-order valence-electron chi connectivity index (χ0n) is 14.0. The normalized spacial score (nSPS) is 11.4. The number of phosphoric acid groups is 1. The quantitative estimate of drug-likeness (QED) is 0.639. The third-order valence-electron chi connectivity index (χ3n) is 4.15. The third kappa shape index (κ3) is 3.83. The summed E-state index contributed by atoms with van der Waals surface area (Å²) in [5.41, 5.74) is 4.97. The minimum Gasteiger partial charge on any atom is -0.403 e. The van der Waals surface area contributed by atoms with Crippen molar-refractivity contribution in [1.82, 2.24) is 0 Å². The third-order valence-corrected chi connectivity index (χ3v) is 4.57. The van der Waals surface area contributed by atoms with Crippen LogP contribution in [-0.4, -0.2) is 9.79 Å². The number of rotatable bonds is 4. The molecule has 0 spiro atoms. The summed E-state index contributed by atoms with van der Waals surface area (Å²) in [4.78, 5) is 18.8. The van der Waals surface area contributed by atoms with Gasteiger partial charge in [-0.15, -0.1) is 0 Å². The lowest BCUT2D eigenvalue weighted by Gasteiger charge is -2.20. The van der Waals surface area contributed by atoms with E-state index in [1.165, 1.54) is 0 Å². The molecule has 25 heavy (non-hydrogen) atoms. The van der Waals surface area contributed by atoms with E-state index in [-0.39, 0.29) is 5.75 Å². The molecule has 3 aromatic carbocycles. The molecule has 0 unspecified atom stereocenters. The Labute approximate surface area is 147 Å². The Morgan fingerprint density at radius 1 is 0.840 bits per heavy atom. The van der Waals surface area contributed by atoms with Gasteiger partial charge in [-0.05, 0) is 41.7 Å². The van der Waals surface area contributed by atoms with Crippen LogP contribution >= 0.6 is 7.82 Å². The van der Waals surface area contributed by atoms with E-state index in [0.717, 1.165) is 22.3 Å². The first-order chi connectivity index (χ1) is 11.9. The summed E-state index contributed by atoms with van der Waals surface area (Å²) in [6.07, 6.45) is 0. The molecule has 0 heterocycles. The van der Waals surface area contributed by atoms with Gasteiger partial charge in [-0.3, -0.25) is 9.79 Å². The second kappa shape index (κ2) is 6.85. The van der Waals surface area contributed by atoms with Gasteiger partial charge in [0.25, 0.3) is 0 Å². The first kappa shape index (κ1) is 17.4. The van der Waals surface area contributed by atoms with E-state index in [0.29, 0.717) is 11.1 Å². The van der Waals surface area contributed by atoms with Crippen molar-refractivity contribution in [1.29, 1.82) is 0 Å². The molecule has 0 bridgehead atoms. The summed E-state index contributed by atoms with van der Waals surface area (Å²) in [6.45, 7) is 3.71. The molecule has 0 amide bonds. The summed E-state index contributed by atoms with van der Waals surface area (Å²) in [5, 5.41) is 0. The van der Waals surface area contributed by atoms with Crippen LogP contribution in [0, 0.1) is 13.8 Å². The van der Waals surface area contributed by atoms with E-state index in [9.17, 15) is 14.4 Å². The summed E-state index contributed by atoms with van der Waals surface area (Å²) >= 11 is 0. The number of aryl methyl sites for hydroxylation is 1. The van der Waals surface area contributed by atoms with Gasteiger partial charge in [0.1, 0.15) is 5.75 Å². The van der Waals surface area contributed by atoms with Crippen LogP contribution in [0.2, 0.25) is 0 Å². The number of phosphoric ester groups is 1. The number of benzene rings is 3. The van der Waals surface area contributed by atoms with Crippen LogP contribution in [0.4, 0.5) is 0 Å². The topological polar surface area (TPSA) is 66.8 Å². The van der Waals surface area contributed by atoms with Gasteiger partial charge in [-0.2, -0.15) is 0 Å². The Balaban J connectivity index is 2.37. The van der Waals surface area contributed by atoms with Crippen molar-refractivity contribution in [3.8, 4) is 28.0 Å². The summed E-state index contributed by atoms with van der Waals surface area (Å²) in [6, 6.07) is 21.3. The second-order valence-corrected chi connectivity index (χ2v) is 7.05. The van der Waals surface area contributed by atoms with Gasteiger partial charge in [0, 0.05) is 5.56 Å². The molecule has 0 aliphatic rings. The fraction of sp³-hybridized carbons (Fsp3) is 0.100. The van der Waals surface area contributed by atoms with Gasteiger partial charge < -0.3 is 4.52 Å². The van der Waals surface area contributed by atoms with Crippen molar-refractivity contribution in [2.24, 2.45) is 0 Å². The molecule has 0 aliphatic heterocycles. The first-order valence-electron chi connectivity index (χ1n) is 7.87. The van der Waals surface area contributed by atoms with E-state index in [1.807, 2.05) is 80.6 Å². The minimum atomic E-state index is -4.69. The van der Waals surface area contributed by atoms with Gasteiger partial charge in [-0.25, -0.2) is 4.57 Å². The molecule has 4 nitrogen and oxygen atoms in total. The van der Waals surface area contributed by atoms with Crippen LogP contribution in [0.3, 0.4) is 0 Å². The molecule has 0 aliphatic carbocycles. The highest BCUT2D eigenvalue weighted by Crippen LogP contribution is 2.48. The van der Waals surface area contributed by atoms with Gasteiger partial charge in [0.2, 0.25) is 0 Å². The SMILES string of the molecule is Cc1cc(-c2ccccc2)c(-c2ccccc2)c(OP(=O)(O)O)c1C. The lowest BCUT2D eigenvalue weighted by molar-refractivity contribution is 0.283. The van der Waals surface area contributed by atoms with Gasteiger partial charge in [0.15, 0.2) is 0 Å². The van der Waals surface area contributed by atoms with Crippen LogP contribution in [0.25, 0.3) is 22.3 Å². The highest BCUT2D eigenvalue weighted by Gasteiger charge is 2.24. The summed E-state index contributed by atoms with van der Waals surface area (Å²) < 4.78 is 16.7. The fourth-order valence-electron chi connectivity index (χ4n) is 2.86. The molecule has 2 N–H and O–H groups in total. The summed E-state index contributed by atoms with van der Waals surface area (Å²) in [7, 11) is -4.69. The minimum absolute atomic E-state index is 0.221. The zero-order chi connectivity index (χ0) is 18.0. The van der Waals surface area contributed by atoms with E-state index in [1.54, 1.807) is 0 Å². The van der Waals surface area contributed by atoms with E-state index < -0.39 is 7.82 Å². The Morgan fingerprint density at radius 2 is 1.36 bits per heavy atom. The number of hydrogen-bond donors (Lipinski definition) is 2. The average Bonchev–Trinajstić information content (AvgIpc) is 2.59. The Bertz CT molecular complexity index is 931. The van der Waals surface area contributed by atoms with Crippen LogP contribution in [0.1, 0.15) is 11.1 Å². The molecular weight excluding hydrogens is 335 g/mol.